The van der Waals surface area contributed by atoms with Gasteiger partial charge in [0, 0.05) is 44.5 Å². The molecule has 0 bridgehead atoms. The molecule has 140 valence electrons. The summed E-state index contributed by atoms with van der Waals surface area (Å²) in [6.45, 7) is 1.22. The molecule has 2 amide bonds. The normalized spacial score (nSPS) is 13.4. The van der Waals surface area contributed by atoms with Crippen LogP contribution < -0.4 is 10.4 Å². The molecule has 1 aliphatic rings. The fraction of sp³-hybridized carbons (Fsp3) is 0.238. The van der Waals surface area contributed by atoms with E-state index in [0.29, 0.717) is 18.7 Å². The Hall–Kier alpha value is -3.12. The van der Waals surface area contributed by atoms with E-state index < -0.39 is 5.91 Å². The number of benzene rings is 2. The molecule has 0 aromatic heterocycles. The Balaban J connectivity index is 1.75. The average molecular weight is 365 g/mol. The number of anilines is 1. The van der Waals surface area contributed by atoms with Crippen molar-refractivity contribution in [1.82, 2.24) is 10.4 Å². The van der Waals surface area contributed by atoms with E-state index in [2.05, 4.69) is 0 Å². The maximum atomic E-state index is 12.8. The second-order valence-electron chi connectivity index (χ2n) is 6.76. The van der Waals surface area contributed by atoms with Gasteiger partial charge in [0.1, 0.15) is 0 Å². The Morgan fingerprint density at radius 2 is 1.85 bits per heavy atom. The zero-order valence-electron chi connectivity index (χ0n) is 15.5. The highest BCUT2D eigenvalue weighted by Gasteiger charge is 2.22. The third kappa shape index (κ3) is 4.35. The average Bonchev–Trinajstić information content (AvgIpc) is 2.70. The summed E-state index contributed by atoms with van der Waals surface area (Å²) in [5, 5.41) is 8.56. The molecule has 1 heterocycles. The van der Waals surface area contributed by atoms with E-state index >= 15 is 0 Å². The number of nitrogens with zero attached hydrogens (tertiary/aromatic N) is 2. The van der Waals surface area contributed by atoms with Crippen LogP contribution >= 0.6 is 0 Å². The maximum Gasteiger partial charge on any atom is 0.267 e. The lowest BCUT2D eigenvalue weighted by Crippen LogP contribution is -2.36. The van der Waals surface area contributed by atoms with Crippen molar-refractivity contribution < 1.29 is 14.8 Å². The molecule has 0 unspecified atom stereocenters. The number of hydrogen-bond acceptors (Lipinski definition) is 4. The van der Waals surface area contributed by atoms with Gasteiger partial charge in [-0.25, -0.2) is 5.48 Å². The molecule has 2 aromatic rings. The minimum absolute atomic E-state index is 0.0200. The first-order chi connectivity index (χ1) is 13.0. The molecule has 0 atom stereocenters. The van der Waals surface area contributed by atoms with E-state index in [0.717, 1.165) is 23.2 Å². The van der Waals surface area contributed by atoms with Crippen molar-refractivity contribution >= 4 is 23.6 Å². The minimum atomic E-state index is -0.578. The number of carbonyl (C=O) groups is 2. The monoisotopic (exact) mass is 365 g/mol. The van der Waals surface area contributed by atoms with Gasteiger partial charge in [0.2, 0.25) is 0 Å². The maximum absolute atomic E-state index is 12.8. The Morgan fingerprint density at radius 1 is 1.11 bits per heavy atom. The number of hydroxylamine groups is 1. The highest BCUT2D eigenvalue weighted by Crippen LogP contribution is 2.23. The van der Waals surface area contributed by atoms with Gasteiger partial charge < -0.3 is 9.80 Å². The lowest BCUT2D eigenvalue weighted by molar-refractivity contribution is -0.124. The largest absolute Gasteiger partial charge is 0.378 e. The molecule has 6 heteroatoms. The predicted octanol–water partition coefficient (Wildman–Crippen LogP) is 2.47. The number of carbonyl (C=O) groups excluding carboxylic acids is 2. The molecule has 0 radical (unpaired) electrons. The SMILES string of the molecule is CN(C)c1ccc(C(=O)N2CCc3ccc(/C=C/C(=O)NO)cc3C2)cc1. The lowest BCUT2D eigenvalue weighted by Gasteiger charge is -2.29. The number of fused-ring (bicyclic) bond motifs is 1. The van der Waals surface area contributed by atoms with Gasteiger partial charge in [-0.05, 0) is 59.5 Å². The van der Waals surface area contributed by atoms with Gasteiger partial charge in [0.15, 0.2) is 0 Å². The first-order valence-corrected chi connectivity index (χ1v) is 8.78. The van der Waals surface area contributed by atoms with E-state index in [9.17, 15) is 9.59 Å². The second kappa shape index (κ2) is 8.05. The molecule has 3 rings (SSSR count). The molecule has 0 fully saturated rings. The molecular formula is C21H23N3O3. The summed E-state index contributed by atoms with van der Waals surface area (Å²) in [6.07, 6.45) is 3.70. The van der Waals surface area contributed by atoms with Crippen molar-refractivity contribution in [2.75, 3.05) is 25.5 Å². The first-order valence-electron chi connectivity index (χ1n) is 8.78. The van der Waals surface area contributed by atoms with Gasteiger partial charge in [-0.1, -0.05) is 12.1 Å². The highest BCUT2D eigenvalue weighted by molar-refractivity contribution is 5.94. The molecule has 2 N–H and O–H groups in total. The molecule has 6 nitrogen and oxygen atoms in total. The van der Waals surface area contributed by atoms with Gasteiger partial charge >= 0.3 is 0 Å². The third-order valence-corrected chi connectivity index (χ3v) is 4.70. The third-order valence-electron chi connectivity index (χ3n) is 4.70. The van der Waals surface area contributed by atoms with Crippen LogP contribution in [0.2, 0.25) is 0 Å². The molecule has 0 spiro atoms. The Kier molecular flexibility index (Phi) is 5.57. The summed E-state index contributed by atoms with van der Waals surface area (Å²) in [5.74, 6) is -0.558. The van der Waals surface area contributed by atoms with E-state index in [1.807, 2.05) is 66.4 Å². The molecule has 1 aliphatic heterocycles. The number of rotatable bonds is 4. The molecule has 0 saturated heterocycles. The Labute approximate surface area is 158 Å². The van der Waals surface area contributed by atoms with Crippen LogP contribution in [0.3, 0.4) is 0 Å². The highest BCUT2D eigenvalue weighted by atomic mass is 16.5. The van der Waals surface area contributed by atoms with Crippen molar-refractivity contribution in [3.63, 3.8) is 0 Å². The van der Waals surface area contributed by atoms with Crippen molar-refractivity contribution in [2.45, 2.75) is 13.0 Å². The fourth-order valence-electron chi connectivity index (χ4n) is 3.15. The van der Waals surface area contributed by atoms with Gasteiger partial charge in [-0.15, -0.1) is 0 Å². The zero-order valence-corrected chi connectivity index (χ0v) is 15.5. The summed E-state index contributed by atoms with van der Waals surface area (Å²) in [7, 11) is 3.93. The van der Waals surface area contributed by atoms with Crippen LogP contribution in [-0.2, 0) is 17.8 Å². The van der Waals surface area contributed by atoms with Gasteiger partial charge in [-0.3, -0.25) is 14.8 Å². The van der Waals surface area contributed by atoms with Crippen LogP contribution in [0.4, 0.5) is 5.69 Å². The fourth-order valence-corrected chi connectivity index (χ4v) is 3.15. The van der Waals surface area contributed by atoms with Crippen LogP contribution in [0, 0.1) is 0 Å². The standard InChI is InChI=1S/C21H23N3O3/c1-23(2)19-8-6-17(7-9-19)21(26)24-12-11-16-5-3-15(13-18(16)14-24)4-10-20(25)22-27/h3-10,13,27H,11-12,14H2,1-2H3,(H,22,25)/b10-4+. The molecular weight excluding hydrogens is 342 g/mol. The number of amides is 2. The van der Waals surface area contributed by atoms with Crippen LogP contribution in [0.15, 0.2) is 48.5 Å². The van der Waals surface area contributed by atoms with Crippen LogP contribution in [0.5, 0.6) is 0 Å². The second-order valence-corrected chi connectivity index (χ2v) is 6.76. The lowest BCUT2D eigenvalue weighted by atomic mass is 9.96. The molecule has 2 aromatic carbocycles. The van der Waals surface area contributed by atoms with Gasteiger partial charge in [-0.2, -0.15) is 0 Å². The van der Waals surface area contributed by atoms with Crippen molar-refractivity contribution in [3.8, 4) is 0 Å². The Bertz CT molecular complexity index is 873. The van der Waals surface area contributed by atoms with Crippen LogP contribution in [-0.4, -0.2) is 42.6 Å². The summed E-state index contributed by atoms with van der Waals surface area (Å²) in [5.41, 5.74) is 6.44. The van der Waals surface area contributed by atoms with E-state index in [4.69, 9.17) is 5.21 Å². The van der Waals surface area contributed by atoms with E-state index in [1.165, 1.54) is 11.6 Å². The van der Waals surface area contributed by atoms with Crippen molar-refractivity contribution in [1.29, 1.82) is 0 Å². The summed E-state index contributed by atoms with van der Waals surface area (Å²) < 4.78 is 0. The van der Waals surface area contributed by atoms with Crippen molar-refractivity contribution in [2.24, 2.45) is 0 Å². The Morgan fingerprint density at radius 3 is 2.52 bits per heavy atom. The number of hydrogen-bond donors (Lipinski definition) is 2. The van der Waals surface area contributed by atoms with Gasteiger partial charge in [0.05, 0.1) is 0 Å². The smallest absolute Gasteiger partial charge is 0.267 e. The molecule has 0 aliphatic carbocycles. The number of nitrogens with one attached hydrogen (secondary N) is 1. The van der Waals surface area contributed by atoms with E-state index in [1.54, 1.807) is 11.6 Å². The van der Waals surface area contributed by atoms with Crippen LogP contribution in [0.25, 0.3) is 6.08 Å². The van der Waals surface area contributed by atoms with Gasteiger partial charge in [0.25, 0.3) is 11.8 Å². The molecule has 27 heavy (non-hydrogen) atoms. The predicted molar refractivity (Wildman–Crippen MR) is 105 cm³/mol. The van der Waals surface area contributed by atoms with Crippen LogP contribution in [0.1, 0.15) is 27.0 Å². The topological polar surface area (TPSA) is 72.9 Å². The first kappa shape index (κ1) is 18.7. The van der Waals surface area contributed by atoms with Crippen molar-refractivity contribution in [3.05, 3.63) is 70.8 Å². The zero-order chi connectivity index (χ0) is 19.4. The molecule has 0 saturated carbocycles. The summed E-state index contributed by atoms with van der Waals surface area (Å²) in [6, 6.07) is 13.5. The quantitative estimate of drug-likeness (QED) is 0.496. The minimum Gasteiger partial charge on any atom is -0.378 e. The van der Waals surface area contributed by atoms with E-state index in [-0.39, 0.29) is 5.91 Å². The summed E-state index contributed by atoms with van der Waals surface area (Å²) in [4.78, 5) is 27.8. The summed E-state index contributed by atoms with van der Waals surface area (Å²) >= 11 is 0.